The van der Waals surface area contributed by atoms with Crippen LogP contribution >= 0.6 is 58.0 Å². The number of fused-ring (bicyclic) bond motifs is 1. The minimum atomic E-state index is -0.534. The Morgan fingerprint density at radius 3 is 2.18 bits per heavy atom. The Bertz CT molecular complexity index is 2770. The maximum Gasteiger partial charge on any atom is 0.329 e. The third kappa shape index (κ3) is 14.3. The van der Waals surface area contributed by atoms with Gasteiger partial charge >= 0.3 is 6.03 Å². The monoisotopic (exact) mass is 1020 g/mol. The number of likely N-dealkylation sites (tertiary alicyclic amines) is 1. The zero-order valence-electron chi connectivity index (χ0n) is 38.7. The second-order valence-corrected chi connectivity index (χ2v) is 19.6. The van der Waals surface area contributed by atoms with Gasteiger partial charge < -0.3 is 14.5 Å². The van der Waals surface area contributed by atoms with Crippen molar-refractivity contribution in [1.29, 1.82) is 0 Å². The maximum atomic E-state index is 13.6. The lowest BCUT2D eigenvalue weighted by molar-refractivity contribution is 0.184. The number of imidazole rings is 1. The van der Waals surface area contributed by atoms with Gasteiger partial charge in [0.2, 0.25) is 5.95 Å². The van der Waals surface area contributed by atoms with E-state index >= 15 is 0 Å². The Balaban J connectivity index is 0.000000169. The fourth-order valence-corrected chi connectivity index (χ4v) is 9.13. The third-order valence-corrected chi connectivity index (χ3v) is 12.4. The van der Waals surface area contributed by atoms with E-state index in [1.165, 1.54) is 107 Å². The molecule has 4 heterocycles. The van der Waals surface area contributed by atoms with E-state index in [2.05, 4.69) is 76.9 Å². The molecule has 8 rings (SSSR count). The zero-order valence-corrected chi connectivity index (χ0v) is 42.5. The molecule has 12 nitrogen and oxygen atoms in total. The van der Waals surface area contributed by atoms with Crippen molar-refractivity contribution in [3.8, 4) is 17.4 Å². The topological polar surface area (TPSA) is 116 Å². The van der Waals surface area contributed by atoms with E-state index in [1.807, 2.05) is 6.92 Å². The zero-order chi connectivity index (χ0) is 49.0. The lowest BCUT2D eigenvalue weighted by Gasteiger charge is -2.29. The first-order valence-electron chi connectivity index (χ1n) is 22.4. The summed E-state index contributed by atoms with van der Waals surface area (Å²) in [6.07, 6.45) is 13.6. The summed E-state index contributed by atoms with van der Waals surface area (Å²) >= 11 is 30.2. The van der Waals surface area contributed by atoms with Crippen molar-refractivity contribution in [3.63, 3.8) is 0 Å². The summed E-state index contributed by atoms with van der Waals surface area (Å²) in [7, 11) is 0. The molecule has 4 aromatic carbocycles. The van der Waals surface area contributed by atoms with Crippen molar-refractivity contribution in [2.45, 2.75) is 72.1 Å². The summed E-state index contributed by atoms with van der Waals surface area (Å²) in [6.45, 7) is 16.4. The molecule has 3 aromatic heterocycles. The van der Waals surface area contributed by atoms with Gasteiger partial charge in [-0.25, -0.2) is 28.7 Å². The van der Waals surface area contributed by atoms with E-state index in [0.29, 0.717) is 50.1 Å². The number of hydrogen-bond acceptors (Lipinski definition) is 8. The molecule has 18 heteroatoms. The molecule has 0 radical (unpaired) electrons. The SMILES string of the molecule is CC(Cc1ccc(C(C)(C)C)cc1)CN1CCCCC1.CCCN(CCOc1c(Cl)cc(Cl)cc1Cl)C(=O)n1ccnc1.O=c1c2cc(F)ccc2nc(-n2cncn2)n1-c1ccc(Cl)cc1Cl. The highest BCUT2D eigenvalue weighted by Gasteiger charge is 2.20. The molecule has 1 aliphatic heterocycles. The van der Waals surface area contributed by atoms with Crippen molar-refractivity contribution < 1.29 is 13.9 Å². The highest BCUT2D eigenvalue weighted by molar-refractivity contribution is 6.40. The molecule has 0 saturated carbocycles. The van der Waals surface area contributed by atoms with Gasteiger partial charge in [-0.2, -0.15) is 9.78 Å². The normalized spacial score (nSPS) is 13.3. The first-order valence-corrected chi connectivity index (χ1v) is 24.3. The molecule has 0 N–H and O–H groups in total. The summed E-state index contributed by atoms with van der Waals surface area (Å²) in [5.41, 5.74) is 3.38. The first kappa shape index (κ1) is 52.4. The van der Waals surface area contributed by atoms with E-state index in [4.69, 9.17) is 62.7 Å². The van der Waals surface area contributed by atoms with Crippen LogP contribution < -0.4 is 10.3 Å². The van der Waals surface area contributed by atoms with Gasteiger partial charge in [0.25, 0.3) is 5.56 Å². The van der Waals surface area contributed by atoms with Crippen LogP contribution in [-0.4, -0.2) is 89.0 Å². The molecule has 1 aliphatic rings. The number of amides is 1. The highest BCUT2D eigenvalue weighted by atomic mass is 35.5. The van der Waals surface area contributed by atoms with Crippen LogP contribution in [0.3, 0.4) is 0 Å². The Kier molecular flexibility index (Phi) is 18.9. The predicted molar refractivity (Wildman–Crippen MR) is 272 cm³/mol. The van der Waals surface area contributed by atoms with Crippen LogP contribution in [-0.2, 0) is 11.8 Å². The van der Waals surface area contributed by atoms with Crippen molar-refractivity contribution in [1.82, 2.24) is 43.7 Å². The van der Waals surface area contributed by atoms with Crippen molar-refractivity contribution >= 4 is 74.9 Å². The first-order chi connectivity index (χ1) is 32.5. The van der Waals surface area contributed by atoms with Crippen LogP contribution in [0.1, 0.15) is 71.4 Å². The number of carbonyl (C=O) groups is 1. The largest absolute Gasteiger partial charge is 0.489 e. The van der Waals surface area contributed by atoms with Crippen molar-refractivity contribution in [2.75, 3.05) is 39.3 Å². The summed E-state index contributed by atoms with van der Waals surface area (Å²) in [5.74, 6) is 0.761. The number of carbonyl (C=O) groups excluding carboxylic acids is 1. The molecule has 360 valence electrons. The van der Waals surface area contributed by atoms with Crippen LogP contribution in [0.15, 0.2) is 109 Å². The molecule has 0 aliphatic carbocycles. The molecule has 1 unspecified atom stereocenters. The Hall–Kier alpha value is -5.02. The van der Waals surface area contributed by atoms with Crippen LogP contribution in [0.2, 0.25) is 25.1 Å². The molecule has 1 amide bonds. The molecule has 7 aromatic rings. The highest BCUT2D eigenvalue weighted by Crippen LogP contribution is 2.36. The van der Waals surface area contributed by atoms with E-state index in [-0.39, 0.29) is 34.4 Å². The molecule has 68 heavy (non-hydrogen) atoms. The number of piperidine rings is 1. The minimum Gasteiger partial charge on any atom is -0.489 e. The number of hydrogen-bond donors (Lipinski definition) is 0. The van der Waals surface area contributed by atoms with Gasteiger partial charge in [-0.15, -0.1) is 0 Å². The second-order valence-electron chi connectivity index (χ2n) is 17.6. The van der Waals surface area contributed by atoms with Gasteiger partial charge in [-0.05, 0) is 110 Å². The lowest BCUT2D eigenvalue weighted by atomic mass is 9.86. The third-order valence-electron chi connectivity index (χ3n) is 11.1. The summed E-state index contributed by atoms with van der Waals surface area (Å²) in [6, 6.07) is 20.7. The fraction of sp³-hybridized carbons (Fsp3) is 0.360. The Morgan fingerprint density at radius 2 is 1.56 bits per heavy atom. The van der Waals surface area contributed by atoms with Gasteiger partial charge in [0.15, 0.2) is 5.75 Å². The summed E-state index contributed by atoms with van der Waals surface area (Å²) in [4.78, 5) is 41.9. The number of rotatable bonds is 12. The van der Waals surface area contributed by atoms with Crippen LogP contribution in [0, 0.1) is 11.7 Å². The van der Waals surface area contributed by atoms with Gasteiger partial charge in [0.1, 0.15) is 31.4 Å². The second kappa shape index (κ2) is 24.5. The molecule has 0 spiro atoms. The molecule has 1 atom stereocenters. The number of ether oxygens (including phenoxy) is 1. The molecule has 1 fully saturated rings. The van der Waals surface area contributed by atoms with Gasteiger partial charge in [-0.1, -0.05) is 123 Å². The lowest BCUT2D eigenvalue weighted by Crippen LogP contribution is -2.37. The smallest absolute Gasteiger partial charge is 0.329 e. The summed E-state index contributed by atoms with van der Waals surface area (Å²) < 4.78 is 23.2. The predicted octanol–water partition coefficient (Wildman–Crippen LogP) is 12.7. The maximum absolute atomic E-state index is 13.6. The minimum absolute atomic E-state index is 0.120. The molecular weight excluding hydrogens is 971 g/mol. The summed E-state index contributed by atoms with van der Waals surface area (Å²) in [5, 5.41) is 5.93. The number of halogens is 6. The Labute approximate surface area is 421 Å². The van der Waals surface area contributed by atoms with Crippen LogP contribution in [0.25, 0.3) is 22.5 Å². The average molecular weight is 1030 g/mol. The van der Waals surface area contributed by atoms with E-state index in [1.54, 1.807) is 41.6 Å². The quantitative estimate of drug-likeness (QED) is 0.119. The van der Waals surface area contributed by atoms with Crippen LogP contribution in [0.4, 0.5) is 9.18 Å². The van der Waals surface area contributed by atoms with Crippen molar-refractivity contribution in [2.24, 2.45) is 5.92 Å². The number of nitrogens with zero attached hydrogens (tertiary/aromatic N) is 9. The standard InChI is InChI=1S/C19H31N.C16H8Cl2FN5O.C15H16Cl3N3O2/c1-16(15-20-12-6-5-7-13-20)14-17-8-10-18(11-9-17)19(2,3)4;17-9-1-4-14(12(18)5-9)24-15(25)11-6-10(19)2-3-13(11)22-16(24)23-8-20-7-21-23;1-2-4-20(15(22)21-5-3-19-10-21)6-7-23-14-12(17)8-11(16)9-13(14)18/h8-11,16H,5-7,12-15H2,1-4H3;1-8H;3,5,8-10H,2,4,6-7H2,1H3. The van der Waals surface area contributed by atoms with E-state index < -0.39 is 11.4 Å². The molecule has 1 saturated heterocycles. The number of benzene rings is 4. The molecular formula is C50H55Cl5FN9O3. The Morgan fingerprint density at radius 1 is 0.853 bits per heavy atom. The van der Waals surface area contributed by atoms with E-state index in [9.17, 15) is 14.0 Å². The van der Waals surface area contributed by atoms with Gasteiger partial charge in [0.05, 0.1) is 38.2 Å². The van der Waals surface area contributed by atoms with Gasteiger partial charge in [0, 0.05) is 35.5 Å². The fourth-order valence-electron chi connectivity index (χ4n) is 7.71. The van der Waals surface area contributed by atoms with E-state index in [0.717, 1.165) is 18.4 Å². The van der Waals surface area contributed by atoms with Gasteiger partial charge in [-0.3, -0.25) is 9.36 Å². The van der Waals surface area contributed by atoms with Crippen molar-refractivity contribution in [3.05, 3.63) is 157 Å². The molecule has 0 bridgehead atoms. The van der Waals surface area contributed by atoms with Crippen LogP contribution in [0.5, 0.6) is 5.75 Å². The number of aromatic nitrogens is 7. The average Bonchev–Trinajstić information content (AvgIpc) is 4.05.